The zero-order valence-corrected chi connectivity index (χ0v) is 22.6. The summed E-state index contributed by atoms with van der Waals surface area (Å²) in [7, 11) is 0. The third-order valence-corrected chi connectivity index (χ3v) is 8.45. The molecule has 1 unspecified atom stereocenters. The van der Waals surface area contributed by atoms with E-state index in [1.165, 1.54) is 49.0 Å². The molecule has 0 amide bonds. The number of anilines is 1. The van der Waals surface area contributed by atoms with E-state index in [1.807, 2.05) is 24.3 Å². The number of aryl methyl sites for hydroxylation is 2. The van der Waals surface area contributed by atoms with Crippen molar-refractivity contribution in [3.8, 4) is 11.5 Å². The molecule has 5 rings (SSSR count). The molecule has 4 nitrogen and oxygen atoms in total. The summed E-state index contributed by atoms with van der Waals surface area (Å²) in [6.07, 6.45) is 8.51. The third kappa shape index (κ3) is 6.32. The first kappa shape index (κ1) is 26.6. The number of rotatable bonds is 9. The quantitative estimate of drug-likeness (QED) is 0.323. The summed E-state index contributed by atoms with van der Waals surface area (Å²) in [6.45, 7) is 6.88. The van der Waals surface area contributed by atoms with Gasteiger partial charge in [0.05, 0.1) is 0 Å². The second-order valence-electron chi connectivity index (χ2n) is 11.1. The van der Waals surface area contributed by atoms with Gasteiger partial charge in [-0.05, 0) is 130 Å². The molecule has 202 valence electrons. The number of hydrogen-bond donors (Lipinski definition) is 2. The summed E-state index contributed by atoms with van der Waals surface area (Å²) in [5.41, 5.74) is 6.49. The standard InChI is InChI=1S/C33H41FN2O2/c1-2-36(23-24-8-9-25(32(34)19-24)7-6-18-35-16-4-3-5-17-35)33-22-30(38)14-15-31(33)28-11-10-27-21-29(37)13-12-26(27)20-28/h8-9,12-15,19,21-22,28,37-38H,2-7,10-11,16-18,20,23H2,1H3. The second-order valence-corrected chi connectivity index (χ2v) is 11.1. The number of phenolic OH excluding ortho intramolecular Hbond substituents is 2. The highest BCUT2D eigenvalue weighted by Crippen LogP contribution is 2.40. The first-order valence-corrected chi connectivity index (χ1v) is 14.4. The molecule has 1 saturated heterocycles. The zero-order valence-electron chi connectivity index (χ0n) is 22.6. The first-order chi connectivity index (χ1) is 18.5. The van der Waals surface area contributed by atoms with Crippen LogP contribution in [0.4, 0.5) is 10.1 Å². The Balaban J connectivity index is 1.28. The van der Waals surface area contributed by atoms with E-state index in [2.05, 4.69) is 28.9 Å². The lowest BCUT2D eigenvalue weighted by Gasteiger charge is -2.31. The van der Waals surface area contributed by atoms with E-state index in [4.69, 9.17) is 0 Å². The van der Waals surface area contributed by atoms with Gasteiger partial charge in [0.1, 0.15) is 17.3 Å². The molecule has 1 aliphatic carbocycles. The van der Waals surface area contributed by atoms with Crippen molar-refractivity contribution >= 4 is 5.69 Å². The van der Waals surface area contributed by atoms with Gasteiger partial charge in [-0.3, -0.25) is 0 Å². The minimum atomic E-state index is -0.111. The van der Waals surface area contributed by atoms with E-state index >= 15 is 4.39 Å². The van der Waals surface area contributed by atoms with Crippen molar-refractivity contribution in [2.45, 2.75) is 70.8 Å². The summed E-state index contributed by atoms with van der Waals surface area (Å²) in [4.78, 5) is 4.75. The summed E-state index contributed by atoms with van der Waals surface area (Å²) >= 11 is 0. The fourth-order valence-electron chi connectivity index (χ4n) is 6.31. The van der Waals surface area contributed by atoms with E-state index in [9.17, 15) is 10.2 Å². The average Bonchev–Trinajstić information content (AvgIpc) is 2.93. The maximum atomic E-state index is 15.1. The van der Waals surface area contributed by atoms with Gasteiger partial charge in [-0.15, -0.1) is 0 Å². The van der Waals surface area contributed by atoms with Gasteiger partial charge in [-0.1, -0.05) is 30.7 Å². The Hall–Kier alpha value is -3.05. The van der Waals surface area contributed by atoms with E-state index in [1.54, 1.807) is 18.2 Å². The zero-order chi connectivity index (χ0) is 26.5. The van der Waals surface area contributed by atoms with Crippen LogP contribution >= 0.6 is 0 Å². The summed E-state index contributed by atoms with van der Waals surface area (Å²) in [5.74, 6) is 0.791. The van der Waals surface area contributed by atoms with Crippen LogP contribution < -0.4 is 4.90 Å². The summed E-state index contributed by atoms with van der Waals surface area (Å²) in [6, 6.07) is 17.1. The van der Waals surface area contributed by atoms with Crippen LogP contribution in [0.25, 0.3) is 0 Å². The molecule has 5 heteroatoms. The molecular weight excluding hydrogens is 475 g/mol. The number of nitrogens with zero attached hydrogens (tertiary/aromatic N) is 2. The van der Waals surface area contributed by atoms with Crippen molar-refractivity contribution in [3.63, 3.8) is 0 Å². The van der Waals surface area contributed by atoms with E-state index in [-0.39, 0.29) is 11.6 Å². The van der Waals surface area contributed by atoms with Crippen LogP contribution in [0.1, 0.15) is 72.8 Å². The predicted molar refractivity (Wildman–Crippen MR) is 153 cm³/mol. The number of halogens is 1. The minimum absolute atomic E-state index is 0.111. The highest BCUT2D eigenvalue weighted by molar-refractivity contribution is 5.59. The van der Waals surface area contributed by atoms with Crippen LogP contribution in [-0.4, -0.2) is 41.3 Å². The van der Waals surface area contributed by atoms with E-state index < -0.39 is 0 Å². The molecule has 3 aromatic rings. The molecule has 1 aliphatic heterocycles. The monoisotopic (exact) mass is 516 g/mol. The van der Waals surface area contributed by atoms with Gasteiger partial charge in [-0.25, -0.2) is 4.39 Å². The molecule has 2 N–H and O–H groups in total. The maximum Gasteiger partial charge on any atom is 0.126 e. The van der Waals surface area contributed by atoms with E-state index in [0.29, 0.717) is 18.2 Å². The fraction of sp³-hybridized carbons (Fsp3) is 0.455. The Kier molecular flexibility index (Phi) is 8.53. The Bertz CT molecular complexity index is 1240. The van der Waals surface area contributed by atoms with Crippen LogP contribution in [0.3, 0.4) is 0 Å². The smallest absolute Gasteiger partial charge is 0.126 e. The molecular formula is C33H41FN2O2. The maximum absolute atomic E-state index is 15.1. The molecule has 0 bridgehead atoms. The van der Waals surface area contributed by atoms with Crippen LogP contribution in [0, 0.1) is 5.82 Å². The summed E-state index contributed by atoms with van der Waals surface area (Å²) in [5, 5.41) is 20.2. The van der Waals surface area contributed by atoms with Crippen molar-refractivity contribution in [2.75, 3.05) is 31.1 Å². The lowest BCUT2D eigenvalue weighted by Crippen LogP contribution is -2.30. The molecule has 1 heterocycles. The molecule has 0 saturated carbocycles. The van der Waals surface area contributed by atoms with Crippen molar-refractivity contribution < 1.29 is 14.6 Å². The summed E-state index contributed by atoms with van der Waals surface area (Å²) < 4.78 is 15.1. The first-order valence-electron chi connectivity index (χ1n) is 14.4. The molecule has 3 aromatic carbocycles. The number of hydrogen-bond acceptors (Lipinski definition) is 4. The van der Waals surface area contributed by atoms with Crippen LogP contribution in [0.15, 0.2) is 54.6 Å². The molecule has 38 heavy (non-hydrogen) atoms. The molecule has 1 atom stereocenters. The fourth-order valence-corrected chi connectivity index (χ4v) is 6.31. The van der Waals surface area contributed by atoms with Crippen molar-refractivity contribution in [2.24, 2.45) is 0 Å². The van der Waals surface area contributed by atoms with Gasteiger partial charge in [0.2, 0.25) is 0 Å². The van der Waals surface area contributed by atoms with Crippen LogP contribution in [0.5, 0.6) is 11.5 Å². The number of fused-ring (bicyclic) bond motifs is 1. The van der Waals surface area contributed by atoms with E-state index in [0.717, 1.165) is 62.0 Å². The molecule has 1 fully saturated rings. The van der Waals surface area contributed by atoms with Crippen LogP contribution in [-0.2, 0) is 25.8 Å². The number of phenols is 2. The number of piperidine rings is 1. The number of aromatic hydroxyl groups is 2. The predicted octanol–water partition coefficient (Wildman–Crippen LogP) is 6.95. The number of benzene rings is 3. The van der Waals surface area contributed by atoms with Crippen LogP contribution in [0.2, 0.25) is 0 Å². The topological polar surface area (TPSA) is 46.9 Å². The van der Waals surface area contributed by atoms with Gasteiger partial charge in [0, 0.05) is 24.8 Å². The average molecular weight is 517 g/mol. The lowest BCUT2D eigenvalue weighted by molar-refractivity contribution is 0.226. The molecule has 0 spiro atoms. The van der Waals surface area contributed by atoms with Gasteiger partial charge in [0.15, 0.2) is 0 Å². The third-order valence-electron chi connectivity index (χ3n) is 8.45. The number of likely N-dealkylation sites (tertiary alicyclic amines) is 1. The Morgan fingerprint density at radius 1 is 0.921 bits per heavy atom. The highest BCUT2D eigenvalue weighted by atomic mass is 19.1. The van der Waals surface area contributed by atoms with Crippen molar-refractivity contribution in [3.05, 3.63) is 88.2 Å². The minimum Gasteiger partial charge on any atom is -0.508 e. The molecule has 0 aromatic heterocycles. The molecule has 2 aliphatic rings. The van der Waals surface area contributed by atoms with Crippen molar-refractivity contribution in [1.82, 2.24) is 4.90 Å². The highest BCUT2D eigenvalue weighted by Gasteiger charge is 2.24. The SMILES string of the molecule is CCN(Cc1ccc(CCCN2CCCCC2)c(F)c1)c1cc(O)ccc1C1CCc2cc(O)ccc2C1. The normalized spacial score (nSPS) is 17.8. The largest absolute Gasteiger partial charge is 0.508 e. The van der Waals surface area contributed by atoms with Gasteiger partial charge in [0.25, 0.3) is 0 Å². The Labute approximate surface area is 226 Å². The molecule has 0 radical (unpaired) electrons. The van der Waals surface area contributed by atoms with Gasteiger partial charge < -0.3 is 20.0 Å². The second kappa shape index (κ2) is 12.2. The Morgan fingerprint density at radius 2 is 1.71 bits per heavy atom. The lowest BCUT2D eigenvalue weighted by atomic mass is 9.79. The van der Waals surface area contributed by atoms with Gasteiger partial charge in [-0.2, -0.15) is 0 Å². The Morgan fingerprint density at radius 3 is 2.50 bits per heavy atom. The van der Waals surface area contributed by atoms with Gasteiger partial charge >= 0.3 is 0 Å². The van der Waals surface area contributed by atoms with Crippen molar-refractivity contribution in [1.29, 1.82) is 0 Å².